The Kier molecular flexibility index (Phi) is 4.05. The van der Waals surface area contributed by atoms with E-state index < -0.39 is 0 Å². The topological polar surface area (TPSA) is 50.1 Å². The number of nitrogens with one attached hydrogen (secondary N) is 1. The standard InChI is InChI=1S/C13H23N3O/c1-10(2)3-4-12-7-13-14-8-11(5-6-17)9-16(13)15-12/h7,10-11,14,17H,3-6,8-9H2,1-2H3. The maximum absolute atomic E-state index is 8.96. The molecule has 2 rings (SSSR count). The maximum Gasteiger partial charge on any atom is 0.124 e. The zero-order valence-corrected chi connectivity index (χ0v) is 10.8. The summed E-state index contributed by atoms with van der Waals surface area (Å²) in [6.45, 7) is 6.64. The Labute approximate surface area is 103 Å². The maximum atomic E-state index is 8.96. The number of hydrogen-bond donors (Lipinski definition) is 2. The highest BCUT2D eigenvalue weighted by molar-refractivity contribution is 5.38. The van der Waals surface area contributed by atoms with Crippen LogP contribution in [0.4, 0.5) is 5.82 Å². The molecule has 0 fully saturated rings. The predicted molar refractivity (Wildman–Crippen MR) is 69.1 cm³/mol. The number of aromatic nitrogens is 2. The van der Waals surface area contributed by atoms with Gasteiger partial charge in [0, 0.05) is 25.8 Å². The molecule has 96 valence electrons. The zero-order valence-electron chi connectivity index (χ0n) is 10.8. The Hall–Kier alpha value is -1.03. The molecule has 1 aliphatic rings. The highest BCUT2D eigenvalue weighted by Crippen LogP contribution is 2.21. The first-order valence-corrected chi connectivity index (χ1v) is 6.60. The van der Waals surface area contributed by atoms with Crippen molar-refractivity contribution < 1.29 is 5.11 Å². The second-order valence-corrected chi connectivity index (χ2v) is 5.39. The summed E-state index contributed by atoms with van der Waals surface area (Å²) in [5.41, 5.74) is 1.19. The molecular weight excluding hydrogens is 214 g/mol. The third-order valence-corrected chi connectivity index (χ3v) is 3.35. The van der Waals surface area contributed by atoms with Crippen LogP contribution in [0.1, 0.15) is 32.4 Å². The molecule has 2 N–H and O–H groups in total. The summed E-state index contributed by atoms with van der Waals surface area (Å²) in [4.78, 5) is 0. The zero-order chi connectivity index (χ0) is 12.3. The average molecular weight is 237 g/mol. The first-order valence-electron chi connectivity index (χ1n) is 6.60. The van der Waals surface area contributed by atoms with E-state index in [0.29, 0.717) is 5.92 Å². The molecule has 0 radical (unpaired) electrons. The van der Waals surface area contributed by atoms with Crippen molar-refractivity contribution in [2.24, 2.45) is 11.8 Å². The lowest BCUT2D eigenvalue weighted by Crippen LogP contribution is -2.28. The first-order chi connectivity index (χ1) is 8.19. The van der Waals surface area contributed by atoms with Crippen LogP contribution in [-0.4, -0.2) is 28.0 Å². The Morgan fingerprint density at radius 2 is 2.41 bits per heavy atom. The largest absolute Gasteiger partial charge is 0.396 e. The third-order valence-electron chi connectivity index (χ3n) is 3.35. The van der Waals surface area contributed by atoms with Crippen molar-refractivity contribution in [1.29, 1.82) is 0 Å². The van der Waals surface area contributed by atoms with Crippen molar-refractivity contribution >= 4 is 5.82 Å². The molecular formula is C13H23N3O. The Bertz CT molecular complexity index is 360. The number of hydrogen-bond acceptors (Lipinski definition) is 3. The second kappa shape index (κ2) is 5.54. The van der Waals surface area contributed by atoms with Crippen molar-refractivity contribution in [3.63, 3.8) is 0 Å². The van der Waals surface area contributed by atoms with Crippen molar-refractivity contribution in [1.82, 2.24) is 9.78 Å². The molecule has 4 nitrogen and oxygen atoms in total. The minimum atomic E-state index is 0.267. The predicted octanol–water partition coefficient (Wildman–Crippen LogP) is 1.90. The summed E-state index contributed by atoms with van der Waals surface area (Å²) >= 11 is 0. The molecule has 0 saturated heterocycles. The number of rotatable bonds is 5. The lowest BCUT2D eigenvalue weighted by atomic mass is 10.0. The number of aryl methyl sites for hydroxylation is 1. The van der Waals surface area contributed by atoms with E-state index in [4.69, 9.17) is 5.11 Å². The first kappa shape index (κ1) is 12.4. The van der Waals surface area contributed by atoms with Crippen LogP contribution in [0.15, 0.2) is 6.07 Å². The van der Waals surface area contributed by atoms with E-state index in [9.17, 15) is 0 Å². The van der Waals surface area contributed by atoms with E-state index in [1.165, 1.54) is 12.1 Å². The fourth-order valence-corrected chi connectivity index (χ4v) is 2.24. The molecule has 0 aromatic carbocycles. The quantitative estimate of drug-likeness (QED) is 0.822. The fourth-order valence-electron chi connectivity index (χ4n) is 2.24. The van der Waals surface area contributed by atoms with Gasteiger partial charge >= 0.3 is 0 Å². The molecule has 17 heavy (non-hydrogen) atoms. The van der Waals surface area contributed by atoms with E-state index in [-0.39, 0.29) is 6.61 Å². The summed E-state index contributed by atoms with van der Waals surface area (Å²) in [6.07, 6.45) is 3.11. The normalized spacial score (nSPS) is 19.2. The molecule has 0 aliphatic carbocycles. The molecule has 1 unspecified atom stereocenters. The van der Waals surface area contributed by atoms with E-state index in [2.05, 4.69) is 35.0 Å². The van der Waals surface area contributed by atoms with Gasteiger partial charge in [-0.25, -0.2) is 4.68 Å². The van der Waals surface area contributed by atoms with Gasteiger partial charge in [0.2, 0.25) is 0 Å². The van der Waals surface area contributed by atoms with Crippen LogP contribution in [-0.2, 0) is 13.0 Å². The monoisotopic (exact) mass is 237 g/mol. The Morgan fingerprint density at radius 3 is 3.12 bits per heavy atom. The molecule has 0 bridgehead atoms. The molecule has 1 aromatic rings. The van der Waals surface area contributed by atoms with Gasteiger partial charge in [0.25, 0.3) is 0 Å². The van der Waals surface area contributed by atoms with Crippen molar-refractivity contribution in [2.75, 3.05) is 18.5 Å². The van der Waals surface area contributed by atoms with Gasteiger partial charge in [-0.2, -0.15) is 5.10 Å². The lowest BCUT2D eigenvalue weighted by molar-refractivity contribution is 0.244. The Balaban J connectivity index is 1.96. The van der Waals surface area contributed by atoms with Crippen LogP contribution in [0.5, 0.6) is 0 Å². The smallest absolute Gasteiger partial charge is 0.124 e. The van der Waals surface area contributed by atoms with E-state index in [1.54, 1.807) is 0 Å². The van der Waals surface area contributed by atoms with Crippen LogP contribution >= 0.6 is 0 Å². The van der Waals surface area contributed by atoms with E-state index >= 15 is 0 Å². The summed E-state index contributed by atoms with van der Waals surface area (Å²) < 4.78 is 2.06. The lowest BCUT2D eigenvalue weighted by Gasteiger charge is -2.24. The number of anilines is 1. The highest BCUT2D eigenvalue weighted by Gasteiger charge is 2.19. The van der Waals surface area contributed by atoms with Crippen molar-refractivity contribution in [2.45, 2.75) is 39.7 Å². The van der Waals surface area contributed by atoms with Gasteiger partial charge in [-0.3, -0.25) is 0 Å². The average Bonchev–Trinajstić information content (AvgIpc) is 2.69. The van der Waals surface area contributed by atoms with E-state index in [0.717, 1.165) is 37.7 Å². The van der Waals surface area contributed by atoms with Gasteiger partial charge in [-0.15, -0.1) is 0 Å². The molecule has 4 heteroatoms. The fraction of sp³-hybridized carbons (Fsp3) is 0.769. The highest BCUT2D eigenvalue weighted by atomic mass is 16.3. The number of aliphatic hydroxyl groups excluding tert-OH is 1. The minimum Gasteiger partial charge on any atom is -0.396 e. The molecule has 1 atom stereocenters. The molecule has 2 heterocycles. The second-order valence-electron chi connectivity index (χ2n) is 5.39. The SMILES string of the molecule is CC(C)CCc1cc2n(n1)CC(CCO)CN2. The number of fused-ring (bicyclic) bond motifs is 1. The van der Waals surface area contributed by atoms with Gasteiger partial charge in [0.15, 0.2) is 0 Å². The van der Waals surface area contributed by atoms with E-state index in [1.807, 2.05) is 0 Å². The molecule has 1 aromatic heterocycles. The van der Waals surface area contributed by atoms with Gasteiger partial charge in [0.1, 0.15) is 5.82 Å². The Morgan fingerprint density at radius 1 is 1.59 bits per heavy atom. The molecule has 1 aliphatic heterocycles. The van der Waals surface area contributed by atoms with Crippen LogP contribution < -0.4 is 5.32 Å². The summed E-state index contributed by atoms with van der Waals surface area (Å²) in [5, 5.41) is 17.0. The van der Waals surface area contributed by atoms with Crippen LogP contribution in [0.2, 0.25) is 0 Å². The van der Waals surface area contributed by atoms with Gasteiger partial charge in [-0.1, -0.05) is 13.8 Å². The number of nitrogens with zero attached hydrogens (tertiary/aromatic N) is 2. The summed E-state index contributed by atoms with van der Waals surface area (Å²) in [7, 11) is 0. The van der Waals surface area contributed by atoms with Crippen molar-refractivity contribution in [3.05, 3.63) is 11.8 Å². The molecule has 0 spiro atoms. The molecule has 0 saturated carbocycles. The van der Waals surface area contributed by atoms with Gasteiger partial charge < -0.3 is 10.4 Å². The van der Waals surface area contributed by atoms with Crippen LogP contribution in [0, 0.1) is 11.8 Å². The summed E-state index contributed by atoms with van der Waals surface area (Å²) in [5.74, 6) is 2.37. The molecule has 0 amide bonds. The summed E-state index contributed by atoms with van der Waals surface area (Å²) in [6, 6.07) is 2.16. The van der Waals surface area contributed by atoms with Crippen LogP contribution in [0.3, 0.4) is 0 Å². The van der Waals surface area contributed by atoms with Crippen LogP contribution in [0.25, 0.3) is 0 Å². The number of aliphatic hydroxyl groups is 1. The van der Waals surface area contributed by atoms with Crippen molar-refractivity contribution in [3.8, 4) is 0 Å². The minimum absolute atomic E-state index is 0.267. The van der Waals surface area contributed by atoms with Gasteiger partial charge in [0.05, 0.1) is 5.69 Å². The third kappa shape index (κ3) is 3.22. The van der Waals surface area contributed by atoms with Gasteiger partial charge in [-0.05, 0) is 31.1 Å².